The van der Waals surface area contributed by atoms with E-state index in [1.54, 1.807) is 0 Å². The molecule has 8 heteroatoms. The maximum absolute atomic E-state index is 7.89. The minimum Gasteiger partial charge on any atom is -0.788 e. The molecule has 4 nitrogen and oxygen atoms in total. The van der Waals surface area contributed by atoms with E-state index >= 15 is 0 Å². The van der Waals surface area contributed by atoms with Crippen molar-refractivity contribution < 1.29 is 103 Å². The van der Waals surface area contributed by atoms with Crippen LogP contribution < -0.4 is 109 Å². The molecule has 0 spiro atoms. The second-order valence-corrected chi connectivity index (χ2v) is 1.98. The van der Waals surface area contributed by atoms with E-state index in [1.807, 2.05) is 0 Å². The Kier molecular flexibility index (Phi) is 21.3. The van der Waals surface area contributed by atoms with Crippen molar-refractivity contribution in [3.8, 4) is 6.19 Å². The maximum Gasteiger partial charge on any atom is 1.00 e. The summed E-state index contributed by atoms with van der Waals surface area (Å²) in [6.07, 6.45) is 1.44. The Labute approximate surface area is 161 Å². The molecule has 0 rings (SSSR count). The number of nitrogens with zero attached hydrogens (tertiary/aromatic N) is 3. The number of rotatable bonds is 0. The van der Waals surface area contributed by atoms with Gasteiger partial charge >= 0.3 is 103 Å². The zero-order valence-electron chi connectivity index (χ0n) is 6.24. The molecule has 0 saturated heterocycles. The van der Waals surface area contributed by atoms with Crippen LogP contribution in [-0.2, 0) is 25.3 Å². The van der Waals surface area contributed by atoms with Crippen molar-refractivity contribution in [3.05, 3.63) is 0 Å². The van der Waals surface area contributed by atoms with Gasteiger partial charge in [0.15, 0.2) is 0 Å². The second-order valence-electron chi connectivity index (χ2n) is 0.948. The Balaban J connectivity index is -0.000000320. The summed E-state index contributed by atoms with van der Waals surface area (Å²) < 4.78 is -0.0495. The molecule has 0 aliphatic rings. The van der Waals surface area contributed by atoms with Crippen LogP contribution in [0.5, 0.6) is 0 Å². The summed E-state index contributed by atoms with van der Waals surface area (Å²) in [5.74, 6) is -0.197. The molecule has 11 heavy (non-hydrogen) atoms. The van der Waals surface area contributed by atoms with Gasteiger partial charge in [0.2, 0.25) is 12.2 Å². The van der Waals surface area contributed by atoms with Crippen LogP contribution in [0.4, 0.5) is 0 Å². The van der Waals surface area contributed by atoms with Gasteiger partial charge in [-0.2, -0.15) is 5.26 Å². The van der Waals surface area contributed by atoms with Crippen molar-refractivity contribution in [1.82, 2.24) is 0 Å². The topological polar surface area (TPSA) is 74.5 Å². The first-order valence-electron chi connectivity index (χ1n) is 1.81. The third-order valence-electron chi connectivity index (χ3n) is 0.370. The average molecular weight is 236 g/mol. The first kappa shape index (κ1) is 19.0. The minimum absolute atomic E-state index is 0. The van der Waals surface area contributed by atoms with Crippen molar-refractivity contribution in [2.24, 2.45) is 15.7 Å². The molecule has 0 heterocycles. The maximum atomic E-state index is 7.89. The summed E-state index contributed by atoms with van der Waals surface area (Å²) in [7, 11) is 0. The third kappa shape index (κ3) is 15.1. The molecule has 0 radical (unpaired) electrons. The van der Waals surface area contributed by atoms with Gasteiger partial charge in [0.25, 0.3) is 0 Å². The number of aliphatic imine (C=N–C) groups is 2. The van der Waals surface area contributed by atoms with Gasteiger partial charge in [-0.25, -0.2) is 4.38 Å². The molecule has 48 valence electrons. The fourth-order valence-electron chi connectivity index (χ4n) is 0.170. The SMILES string of the molecule is N#CN=C(N)N=C([S-])[S-].[K+].[K+]. The zero-order chi connectivity index (χ0) is 7.28. The predicted molar refractivity (Wildman–Crippen MR) is 39.4 cm³/mol. The van der Waals surface area contributed by atoms with Crippen LogP contribution in [0.1, 0.15) is 0 Å². The van der Waals surface area contributed by atoms with Crippen molar-refractivity contribution in [2.75, 3.05) is 0 Å². The summed E-state index contributed by atoms with van der Waals surface area (Å²) in [4.78, 5) is 6.36. The largest absolute Gasteiger partial charge is 1.00 e. The molecule has 0 aromatic rings. The summed E-state index contributed by atoms with van der Waals surface area (Å²) in [6, 6.07) is 0. The van der Waals surface area contributed by atoms with Gasteiger partial charge in [-0.3, -0.25) is 4.99 Å². The fraction of sp³-hybridized carbons (Fsp3) is 0. The first-order valence-corrected chi connectivity index (χ1v) is 2.63. The number of nitriles is 1. The summed E-state index contributed by atoms with van der Waals surface area (Å²) in [5.41, 5.74) is 4.99. The molecule has 2 N–H and O–H groups in total. The van der Waals surface area contributed by atoms with Crippen molar-refractivity contribution in [3.63, 3.8) is 0 Å². The summed E-state index contributed by atoms with van der Waals surface area (Å²) in [5, 5.41) is 7.89. The molecule has 0 amide bonds. The molecule has 0 aromatic heterocycles. The second kappa shape index (κ2) is 12.3. The van der Waals surface area contributed by atoms with Gasteiger partial charge in [-0.15, -0.1) is 4.99 Å². The molecular weight excluding hydrogens is 234 g/mol. The molecule has 0 aromatic carbocycles. The van der Waals surface area contributed by atoms with Crippen LogP contribution in [-0.4, -0.2) is 10.3 Å². The van der Waals surface area contributed by atoms with Gasteiger partial charge < -0.3 is 31.0 Å². The van der Waals surface area contributed by atoms with Gasteiger partial charge in [0, 0.05) is 0 Å². The fourth-order valence-corrected chi connectivity index (χ4v) is 0.357. The third-order valence-corrected chi connectivity index (χ3v) is 0.553. The molecule has 0 bridgehead atoms. The molecular formula is C3H2K2N4S2. The van der Waals surface area contributed by atoms with Gasteiger partial charge in [-0.05, 0) is 0 Å². The Bertz CT molecular complexity index is 192. The van der Waals surface area contributed by atoms with Crippen LogP contribution in [0.25, 0.3) is 0 Å². The molecule has 0 saturated carbocycles. The molecule has 0 aliphatic heterocycles. The van der Waals surface area contributed by atoms with E-state index in [-0.39, 0.29) is 113 Å². The van der Waals surface area contributed by atoms with E-state index in [2.05, 4.69) is 35.2 Å². The quantitative estimate of drug-likeness (QED) is 0.149. The van der Waals surface area contributed by atoms with Crippen LogP contribution in [0.2, 0.25) is 0 Å². The summed E-state index contributed by atoms with van der Waals surface area (Å²) in [6.45, 7) is 0. The zero-order valence-corrected chi connectivity index (χ0v) is 14.1. The van der Waals surface area contributed by atoms with Crippen molar-refractivity contribution in [2.45, 2.75) is 0 Å². The van der Waals surface area contributed by atoms with Crippen molar-refractivity contribution >= 4 is 35.6 Å². The number of nitrogens with two attached hydrogens (primary N) is 1. The number of guanidine groups is 1. The molecule has 0 fully saturated rings. The van der Waals surface area contributed by atoms with Crippen LogP contribution in [0, 0.1) is 11.5 Å². The van der Waals surface area contributed by atoms with Crippen LogP contribution in [0.3, 0.4) is 0 Å². The van der Waals surface area contributed by atoms with E-state index in [1.165, 1.54) is 6.19 Å². The molecule has 0 aliphatic carbocycles. The normalized spacial score (nSPS) is 8.09. The Hall–Kier alpha value is 2.34. The van der Waals surface area contributed by atoms with E-state index in [0.29, 0.717) is 0 Å². The van der Waals surface area contributed by atoms with E-state index in [9.17, 15) is 0 Å². The van der Waals surface area contributed by atoms with E-state index in [4.69, 9.17) is 11.0 Å². The Morgan fingerprint density at radius 1 is 1.36 bits per heavy atom. The minimum atomic E-state index is -0.197. The molecule has 0 atom stereocenters. The van der Waals surface area contributed by atoms with Crippen LogP contribution in [0.15, 0.2) is 9.98 Å². The van der Waals surface area contributed by atoms with Gasteiger partial charge in [0.1, 0.15) is 0 Å². The average Bonchev–Trinajstić information content (AvgIpc) is 1.63. The van der Waals surface area contributed by atoms with E-state index < -0.39 is 0 Å². The predicted octanol–water partition coefficient (Wildman–Crippen LogP) is -6.76. The van der Waals surface area contributed by atoms with Gasteiger partial charge in [0.05, 0.1) is 0 Å². The standard InChI is InChI=1S/C3H4N4S2.2K/c4-1-6-2(5)7-3(8)9;;/h(H4,5,6,7,8,9);;/q;2*+1/p-2. The number of hydrogen-bond acceptors (Lipinski definition) is 4. The van der Waals surface area contributed by atoms with Crippen molar-refractivity contribution in [1.29, 1.82) is 5.26 Å². The van der Waals surface area contributed by atoms with E-state index in [0.717, 1.165) is 0 Å². The molecule has 0 unspecified atom stereocenters. The monoisotopic (exact) mass is 236 g/mol. The Morgan fingerprint density at radius 2 is 1.82 bits per heavy atom. The van der Waals surface area contributed by atoms with Gasteiger partial charge in [-0.1, -0.05) is 0 Å². The smallest absolute Gasteiger partial charge is 0.788 e. The van der Waals surface area contributed by atoms with Crippen LogP contribution >= 0.6 is 0 Å². The first-order chi connectivity index (χ1) is 4.16. The summed E-state index contributed by atoms with van der Waals surface area (Å²) >= 11 is 8.73. The Morgan fingerprint density at radius 3 is 2.09 bits per heavy atom. The number of hydrogen-bond donors (Lipinski definition) is 1.